The third-order valence-electron chi connectivity index (χ3n) is 2.55. The smallest absolute Gasteiger partial charge is 0.161 e. The summed E-state index contributed by atoms with van der Waals surface area (Å²) in [4.78, 5) is 8.84. The molecular weight excluding hydrogens is 212 g/mol. The Bertz CT molecular complexity index is 535. The Labute approximate surface area is 100 Å². The van der Waals surface area contributed by atoms with E-state index in [1.165, 1.54) is 6.21 Å². The summed E-state index contributed by atoms with van der Waals surface area (Å²) in [7, 11) is 1.80. The van der Waals surface area contributed by atoms with E-state index in [0.29, 0.717) is 11.6 Å². The SMILES string of the molecule is CNc1nc(-c2ccccc2)nc(C)c1C=N. The van der Waals surface area contributed by atoms with Crippen molar-refractivity contribution in [3.63, 3.8) is 0 Å². The summed E-state index contributed by atoms with van der Waals surface area (Å²) in [5, 5.41) is 10.4. The second kappa shape index (κ2) is 4.74. The Hall–Kier alpha value is -2.23. The molecule has 0 unspecified atom stereocenters. The van der Waals surface area contributed by atoms with E-state index in [4.69, 9.17) is 5.41 Å². The third-order valence-corrected chi connectivity index (χ3v) is 2.55. The van der Waals surface area contributed by atoms with Crippen molar-refractivity contribution < 1.29 is 0 Å². The maximum atomic E-state index is 7.36. The van der Waals surface area contributed by atoms with E-state index in [2.05, 4.69) is 15.3 Å². The summed E-state index contributed by atoms with van der Waals surface area (Å²) in [6.07, 6.45) is 1.27. The van der Waals surface area contributed by atoms with Crippen LogP contribution in [0, 0.1) is 12.3 Å². The van der Waals surface area contributed by atoms with E-state index >= 15 is 0 Å². The van der Waals surface area contributed by atoms with Crippen LogP contribution in [0.4, 0.5) is 5.82 Å². The molecule has 0 saturated carbocycles. The van der Waals surface area contributed by atoms with Crippen molar-refractivity contribution in [2.24, 2.45) is 0 Å². The van der Waals surface area contributed by atoms with Gasteiger partial charge in [-0.3, -0.25) is 0 Å². The van der Waals surface area contributed by atoms with Crippen LogP contribution in [-0.4, -0.2) is 23.2 Å². The van der Waals surface area contributed by atoms with Gasteiger partial charge < -0.3 is 10.7 Å². The Balaban J connectivity index is 2.58. The quantitative estimate of drug-likeness (QED) is 0.790. The fourth-order valence-corrected chi connectivity index (χ4v) is 1.66. The van der Waals surface area contributed by atoms with Crippen LogP contribution < -0.4 is 5.32 Å². The van der Waals surface area contributed by atoms with Crippen LogP contribution in [0.1, 0.15) is 11.3 Å². The van der Waals surface area contributed by atoms with Gasteiger partial charge in [-0.05, 0) is 6.92 Å². The highest BCUT2D eigenvalue weighted by Crippen LogP contribution is 2.20. The molecule has 86 valence electrons. The van der Waals surface area contributed by atoms with Gasteiger partial charge in [0.05, 0.1) is 11.3 Å². The van der Waals surface area contributed by atoms with Gasteiger partial charge in [0.2, 0.25) is 0 Å². The molecule has 0 spiro atoms. The van der Waals surface area contributed by atoms with Gasteiger partial charge in [-0.25, -0.2) is 9.97 Å². The molecule has 0 atom stereocenters. The van der Waals surface area contributed by atoms with Gasteiger partial charge in [-0.1, -0.05) is 30.3 Å². The zero-order valence-electron chi connectivity index (χ0n) is 9.86. The number of nitrogens with one attached hydrogen (secondary N) is 2. The van der Waals surface area contributed by atoms with Crippen molar-refractivity contribution in [3.8, 4) is 11.4 Å². The lowest BCUT2D eigenvalue weighted by Crippen LogP contribution is -2.04. The summed E-state index contributed by atoms with van der Waals surface area (Å²) >= 11 is 0. The van der Waals surface area contributed by atoms with Crippen molar-refractivity contribution in [1.82, 2.24) is 9.97 Å². The number of hydrogen-bond donors (Lipinski definition) is 2. The molecule has 0 bridgehead atoms. The molecule has 0 aliphatic carbocycles. The van der Waals surface area contributed by atoms with Crippen molar-refractivity contribution in [2.75, 3.05) is 12.4 Å². The van der Waals surface area contributed by atoms with Crippen LogP contribution in [-0.2, 0) is 0 Å². The largest absolute Gasteiger partial charge is 0.372 e. The molecule has 1 heterocycles. The average Bonchev–Trinajstić information content (AvgIpc) is 2.38. The predicted octanol–water partition coefficient (Wildman–Crippen LogP) is 2.49. The lowest BCUT2D eigenvalue weighted by molar-refractivity contribution is 1.10. The van der Waals surface area contributed by atoms with Gasteiger partial charge in [0, 0.05) is 18.8 Å². The lowest BCUT2D eigenvalue weighted by Gasteiger charge is -2.09. The van der Waals surface area contributed by atoms with Crippen LogP contribution in [0.25, 0.3) is 11.4 Å². The minimum atomic E-state index is 0.679. The standard InChI is InChI=1S/C13H14N4/c1-9-11(8-14)13(15-2)17-12(16-9)10-6-4-3-5-7-10/h3-8,14H,1-2H3,(H,15,16,17). The van der Waals surface area contributed by atoms with E-state index < -0.39 is 0 Å². The van der Waals surface area contributed by atoms with Gasteiger partial charge in [0.15, 0.2) is 5.82 Å². The molecular formula is C13H14N4. The number of hydrogen-bond acceptors (Lipinski definition) is 4. The van der Waals surface area contributed by atoms with Crippen LogP contribution in [0.3, 0.4) is 0 Å². The molecule has 0 aliphatic rings. The molecule has 4 heteroatoms. The number of anilines is 1. The third kappa shape index (κ3) is 2.15. The molecule has 0 fully saturated rings. The minimum absolute atomic E-state index is 0.679. The first kappa shape index (κ1) is 11.3. The fraction of sp³-hybridized carbons (Fsp3) is 0.154. The Morgan fingerprint density at radius 3 is 2.47 bits per heavy atom. The normalized spacial score (nSPS) is 10.0. The number of rotatable bonds is 3. The molecule has 4 nitrogen and oxygen atoms in total. The molecule has 1 aromatic heterocycles. The summed E-state index contributed by atoms with van der Waals surface area (Å²) < 4.78 is 0. The highest BCUT2D eigenvalue weighted by atomic mass is 15.0. The fourth-order valence-electron chi connectivity index (χ4n) is 1.66. The molecule has 0 aliphatic heterocycles. The number of aryl methyl sites for hydroxylation is 1. The monoisotopic (exact) mass is 226 g/mol. The highest BCUT2D eigenvalue weighted by molar-refractivity contribution is 5.86. The predicted molar refractivity (Wildman–Crippen MR) is 69.6 cm³/mol. The molecule has 2 aromatic rings. The topological polar surface area (TPSA) is 61.7 Å². The van der Waals surface area contributed by atoms with Crippen LogP contribution in [0.2, 0.25) is 0 Å². The van der Waals surface area contributed by atoms with Crippen molar-refractivity contribution >= 4 is 12.0 Å². The zero-order valence-corrected chi connectivity index (χ0v) is 9.86. The minimum Gasteiger partial charge on any atom is -0.372 e. The summed E-state index contributed by atoms with van der Waals surface area (Å²) in [5.74, 6) is 1.37. The van der Waals surface area contributed by atoms with E-state index in [0.717, 1.165) is 16.8 Å². The first-order valence-corrected chi connectivity index (χ1v) is 5.38. The second-order valence-corrected chi connectivity index (χ2v) is 3.66. The summed E-state index contributed by atoms with van der Waals surface area (Å²) in [5.41, 5.74) is 2.51. The average molecular weight is 226 g/mol. The maximum absolute atomic E-state index is 7.36. The van der Waals surface area contributed by atoms with Gasteiger partial charge >= 0.3 is 0 Å². The molecule has 0 radical (unpaired) electrons. The Kier molecular flexibility index (Phi) is 3.14. The Morgan fingerprint density at radius 1 is 1.18 bits per heavy atom. The van der Waals surface area contributed by atoms with Gasteiger partial charge in [0.1, 0.15) is 5.82 Å². The van der Waals surface area contributed by atoms with Crippen molar-refractivity contribution in [1.29, 1.82) is 5.41 Å². The first-order valence-electron chi connectivity index (χ1n) is 5.38. The molecule has 1 aromatic carbocycles. The van der Waals surface area contributed by atoms with E-state index in [9.17, 15) is 0 Å². The van der Waals surface area contributed by atoms with Gasteiger partial charge in [-0.15, -0.1) is 0 Å². The summed E-state index contributed by atoms with van der Waals surface area (Å²) in [6, 6.07) is 9.81. The van der Waals surface area contributed by atoms with Gasteiger partial charge in [0.25, 0.3) is 0 Å². The van der Waals surface area contributed by atoms with E-state index in [1.54, 1.807) is 7.05 Å². The molecule has 0 saturated heterocycles. The lowest BCUT2D eigenvalue weighted by atomic mass is 10.2. The number of aromatic nitrogens is 2. The number of benzene rings is 1. The van der Waals surface area contributed by atoms with E-state index in [1.807, 2.05) is 37.3 Å². The van der Waals surface area contributed by atoms with Crippen molar-refractivity contribution in [2.45, 2.75) is 6.92 Å². The van der Waals surface area contributed by atoms with Crippen LogP contribution in [0.5, 0.6) is 0 Å². The molecule has 2 rings (SSSR count). The van der Waals surface area contributed by atoms with Crippen LogP contribution in [0.15, 0.2) is 30.3 Å². The maximum Gasteiger partial charge on any atom is 0.161 e. The highest BCUT2D eigenvalue weighted by Gasteiger charge is 2.09. The zero-order chi connectivity index (χ0) is 12.3. The molecule has 2 N–H and O–H groups in total. The number of nitrogens with zero attached hydrogens (tertiary/aromatic N) is 2. The van der Waals surface area contributed by atoms with Gasteiger partial charge in [-0.2, -0.15) is 0 Å². The van der Waals surface area contributed by atoms with E-state index in [-0.39, 0.29) is 0 Å². The van der Waals surface area contributed by atoms with Crippen molar-refractivity contribution in [3.05, 3.63) is 41.6 Å². The summed E-state index contributed by atoms with van der Waals surface area (Å²) in [6.45, 7) is 1.88. The second-order valence-electron chi connectivity index (χ2n) is 3.66. The Morgan fingerprint density at radius 2 is 1.88 bits per heavy atom. The first-order chi connectivity index (χ1) is 8.26. The molecule has 17 heavy (non-hydrogen) atoms. The van der Waals surface area contributed by atoms with Crippen LogP contribution >= 0.6 is 0 Å². The molecule has 0 amide bonds.